The van der Waals surface area contributed by atoms with Crippen molar-refractivity contribution < 1.29 is 21.6 Å². The van der Waals surface area contributed by atoms with Crippen molar-refractivity contribution in [2.75, 3.05) is 0 Å². The Bertz CT molecular complexity index is 595. The van der Waals surface area contributed by atoms with Crippen LogP contribution < -0.4 is 4.18 Å². The summed E-state index contributed by atoms with van der Waals surface area (Å²) in [7, 11) is -4.23. The molecular weight excluding hydrogens is 272 g/mol. The zero-order valence-electron chi connectivity index (χ0n) is 8.37. The summed E-state index contributed by atoms with van der Waals surface area (Å²) < 4.78 is 33.3. The van der Waals surface area contributed by atoms with Crippen molar-refractivity contribution in [3.63, 3.8) is 0 Å². The third-order valence-electron chi connectivity index (χ3n) is 2.86. The fraction of sp³-hybridized carbons (Fsp3) is 0.500. The van der Waals surface area contributed by atoms with E-state index >= 15 is 0 Å². The zero-order chi connectivity index (χ0) is 12.2. The summed E-state index contributed by atoms with van der Waals surface area (Å²) >= 11 is 5.88. The lowest BCUT2D eigenvalue weighted by molar-refractivity contribution is -0.114. The van der Waals surface area contributed by atoms with Crippen LogP contribution >= 0.6 is 11.8 Å². The van der Waals surface area contributed by atoms with Gasteiger partial charge in [0.15, 0.2) is 0 Å². The number of hydrogen-bond donors (Lipinski definition) is 0. The number of carbonyl (C=O) groups is 1. The predicted octanol–water partition coefficient (Wildman–Crippen LogP) is 0.341. The third-order valence-corrected chi connectivity index (χ3v) is 4.01. The highest BCUT2D eigenvalue weighted by molar-refractivity contribution is 7.82. The molecule has 0 amide bonds. The lowest BCUT2D eigenvalue weighted by Gasteiger charge is -2.25. The molecule has 3 rings (SSSR count). The summed E-state index contributed by atoms with van der Waals surface area (Å²) in [4.78, 5) is 14.9. The Morgan fingerprint density at radius 1 is 1.53 bits per heavy atom. The van der Waals surface area contributed by atoms with E-state index < -0.39 is 22.4 Å². The van der Waals surface area contributed by atoms with Crippen molar-refractivity contribution in [1.29, 1.82) is 0 Å². The molecule has 0 fully saturated rings. The highest BCUT2D eigenvalue weighted by Gasteiger charge is 2.42. The highest BCUT2D eigenvalue weighted by atomic mass is 35.5. The van der Waals surface area contributed by atoms with Crippen molar-refractivity contribution in [2.24, 2.45) is 5.92 Å². The largest absolute Gasteiger partial charge is 0.452 e. The van der Waals surface area contributed by atoms with Crippen LogP contribution in [0.1, 0.15) is 23.9 Å². The Kier molecular flexibility index (Phi) is 2.22. The molecule has 1 aromatic rings. The number of imidazole rings is 1. The summed E-state index contributed by atoms with van der Waals surface area (Å²) in [5.41, 5.74) is 0.985. The van der Waals surface area contributed by atoms with Gasteiger partial charge in [0.1, 0.15) is 12.4 Å². The number of hydrogen-bond acceptors (Lipinski definition) is 6. The summed E-state index contributed by atoms with van der Waals surface area (Å²) in [6, 6.07) is -0.245. The molecule has 7 nitrogen and oxygen atoms in total. The van der Waals surface area contributed by atoms with Gasteiger partial charge in [0, 0.05) is 17.7 Å². The molecule has 2 unspecified atom stereocenters. The molecule has 0 radical (unpaired) electrons. The fourth-order valence-electron chi connectivity index (χ4n) is 2.08. The minimum Gasteiger partial charge on any atom is -0.323 e. The molecule has 1 aliphatic heterocycles. The molecule has 2 bridgehead atoms. The number of aldehydes is 1. The van der Waals surface area contributed by atoms with E-state index in [-0.39, 0.29) is 6.01 Å². The monoisotopic (exact) mass is 278 g/mol. The van der Waals surface area contributed by atoms with Crippen LogP contribution in [-0.4, -0.2) is 23.8 Å². The first-order chi connectivity index (χ1) is 8.02. The third kappa shape index (κ3) is 1.55. The van der Waals surface area contributed by atoms with Gasteiger partial charge in [-0.2, -0.15) is 13.4 Å². The Balaban J connectivity index is 2.22. The maximum Gasteiger partial charge on any atom is 0.452 e. The lowest BCUT2D eigenvalue weighted by Crippen LogP contribution is -2.28. The Morgan fingerprint density at radius 2 is 2.29 bits per heavy atom. The number of rotatable bonds is 1. The van der Waals surface area contributed by atoms with Crippen LogP contribution in [0.5, 0.6) is 6.01 Å². The molecular formula is C8H7ClN2O5S. The minimum atomic E-state index is -4.23. The van der Waals surface area contributed by atoms with Gasteiger partial charge in [-0.3, -0.25) is 0 Å². The molecule has 92 valence electrons. The van der Waals surface area contributed by atoms with Crippen molar-refractivity contribution in [3.8, 4) is 6.01 Å². The Labute approximate surface area is 102 Å². The predicted molar refractivity (Wildman–Crippen MR) is 54.7 cm³/mol. The van der Waals surface area contributed by atoms with Crippen LogP contribution in [-0.2, 0) is 25.8 Å². The van der Waals surface area contributed by atoms with Crippen molar-refractivity contribution in [2.45, 2.75) is 18.9 Å². The first-order valence-corrected chi connectivity index (χ1v) is 6.54. The number of aromatic nitrogens is 2. The van der Waals surface area contributed by atoms with Crippen LogP contribution in [0.4, 0.5) is 0 Å². The second-order valence-electron chi connectivity index (χ2n) is 3.85. The van der Waals surface area contributed by atoms with E-state index in [2.05, 4.69) is 9.17 Å². The molecule has 0 aromatic carbocycles. The number of halogens is 1. The van der Waals surface area contributed by atoms with Gasteiger partial charge >= 0.3 is 16.4 Å². The topological polar surface area (TPSA) is 87.5 Å². The van der Waals surface area contributed by atoms with Gasteiger partial charge in [-0.05, 0) is 12.8 Å². The summed E-state index contributed by atoms with van der Waals surface area (Å²) in [5.74, 6) is -0.557. The van der Waals surface area contributed by atoms with Crippen LogP contribution in [0, 0.1) is 5.92 Å². The number of nitrogens with zero attached hydrogens (tertiary/aromatic N) is 2. The van der Waals surface area contributed by atoms with E-state index in [9.17, 15) is 13.2 Å². The van der Waals surface area contributed by atoms with Gasteiger partial charge in [-0.1, -0.05) is 0 Å². The van der Waals surface area contributed by atoms with E-state index in [4.69, 9.17) is 16.0 Å². The van der Waals surface area contributed by atoms with Crippen molar-refractivity contribution in [1.82, 2.24) is 9.07 Å². The van der Waals surface area contributed by atoms with E-state index in [1.165, 1.54) is 0 Å². The normalized spacial score (nSPS) is 29.2. The van der Waals surface area contributed by atoms with E-state index in [0.29, 0.717) is 30.5 Å². The smallest absolute Gasteiger partial charge is 0.323 e. The Morgan fingerprint density at radius 3 is 3.00 bits per heavy atom. The quantitative estimate of drug-likeness (QED) is 0.689. The minimum absolute atomic E-state index is 0.245. The zero-order valence-corrected chi connectivity index (χ0v) is 9.94. The molecule has 0 N–H and O–H groups in total. The van der Waals surface area contributed by atoms with Crippen LogP contribution in [0.15, 0.2) is 0 Å². The summed E-state index contributed by atoms with van der Waals surface area (Å²) in [6.07, 6.45) is 0.719. The molecule has 17 heavy (non-hydrogen) atoms. The summed E-state index contributed by atoms with van der Waals surface area (Å²) in [6.45, 7) is 0. The van der Waals surface area contributed by atoms with E-state index in [0.717, 1.165) is 4.09 Å². The maximum atomic E-state index is 11.4. The molecule has 1 aliphatic carbocycles. The number of fused-ring (bicyclic) bond motifs is 1. The molecule has 0 saturated heterocycles. The SMILES string of the molecule is O=CC1CCc2c3nc(n2Cl)OS(=O)(=O)OC31. The molecule has 9 heteroatoms. The second-order valence-corrected chi connectivity index (χ2v) is 5.37. The molecule has 2 aliphatic rings. The maximum absolute atomic E-state index is 11.4. The first-order valence-electron chi connectivity index (χ1n) is 4.87. The van der Waals surface area contributed by atoms with Crippen LogP contribution in [0.2, 0.25) is 0 Å². The molecule has 2 atom stereocenters. The standard InChI is InChI=1S/C8H7ClN2O5S/c9-11-5-2-1-4(3-12)7-6(5)10-8(11)16-17(13,14)15-7/h3-4,7H,1-2H2. The van der Waals surface area contributed by atoms with Crippen LogP contribution in [0.3, 0.4) is 0 Å². The molecule has 0 saturated carbocycles. The van der Waals surface area contributed by atoms with Crippen molar-refractivity contribution >= 4 is 28.5 Å². The first kappa shape index (κ1) is 11.0. The van der Waals surface area contributed by atoms with Gasteiger partial charge < -0.3 is 8.98 Å². The fourth-order valence-corrected chi connectivity index (χ4v) is 3.19. The van der Waals surface area contributed by atoms with Crippen molar-refractivity contribution in [3.05, 3.63) is 11.4 Å². The van der Waals surface area contributed by atoms with E-state index in [1.807, 2.05) is 0 Å². The van der Waals surface area contributed by atoms with E-state index in [1.54, 1.807) is 0 Å². The van der Waals surface area contributed by atoms with Gasteiger partial charge in [0.2, 0.25) is 0 Å². The van der Waals surface area contributed by atoms with Gasteiger partial charge in [0.05, 0.1) is 11.4 Å². The lowest BCUT2D eigenvalue weighted by atomic mass is 9.88. The van der Waals surface area contributed by atoms with Gasteiger partial charge in [-0.15, -0.1) is 0 Å². The molecule has 0 spiro atoms. The molecule has 1 aromatic heterocycles. The van der Waals surface area contributed by atoms with Gasteiger partial charge in [0.25, 0.3) is 0 Å². The second kappa shape index (κ2) is 3.44. The highest BCUT2D eigenvalue weighted by Crippen LogP contribution is 2.41. The van der Waals surface area contributed by atoms with Crippen LogP contribution in [0.25, 0.3) is 0 Å². The molecule has 2 heterocycles. The Hall–Kier alpha value is -1.12. The average molecular weight is 279 g/mol. The summed E-state index contributed by atoms with van der Waals surface area (Å²) in [5, 5.41) is 0. The van der Waals surface area contributed by atoms with Gasteiger partial charge in [-0.25, -0.2) is 8.27 Å². The average Bonchev–Trinajstić information content (AvgIpc) is 2.49. The number of carbonyl (C=O) groups excluding carboxylic acids is 1.